The standard InChI is InChI=1S/C4H8NO.HIS.Y/c1-3-6-4-2-5-1;1-2;/h1,5H,2-4H2;2H;/q-1;;. The fraction of sp³-hybridized carbons (Fsp3) is 0.750. The molecule has 53 valence electrons. The van der Waals surface area contributed by atoms with Gasteiger partial charge in [-0.25, -0.2) is 6.54 Å². The SMILES string of the molecule is SI.[CH-]1COCCN1.[Y]. The van der Waals surface area contributed by atoms with Crippen LogP contribution in [0.25, 0.3) is 0 Å². The van der Waals surface area contributed by atoms with Gasteiger partial charge >= 0.3 is 0 Å². The van der Waals surface area contributed by atoms with Crippen LogP contribution in [0.15, 0.2) is 0 Å². The predicted octanol–water partition coefficient (Wildman–Crippen LogP) is 1.03. The van der Waals surface area contributed by atoms with Gasteiger partial charge in [-0.1, -0.05) is 6.61 Å². The zero-order chi connectivity index (χ0) is 6.24. The van der Waals surface area contributed by atoms with E-state index < -0.39 is 0 Å². The molecule has 1 aliphatic heterocycles. The van der Waals surface area contributed by atoms with Gasteiger partial charge in [0.2, 0.25) is 0 Å². The average molecular weight is 335 g/mol. The Morgan fingerprint density at radius 3 is 2.33 bits per heavy atom. The number of hydrogen-bond donors (Lipinski definition) is 2. The zero-order valence-corrected chi connectivity index (χ0v) is 10.9. The molecule has 0 spiro atoms. The van der Waals surface area contributed by atoms with Crippen molar-refractivity contribution in [3.05, 3.63) is 6.54 Å². The summed E-state index contributed by atoms with van der Waals surface area (Å²) in [7, 11) is 3.50. The van der Waals surface area contributed by atoms with Crippen LogP contribution in [-0.2, 0) is 37.4 Å². The maximum Gasteiger partial charge on any atom is 0.0532 e. The van der Waals surface area contributed by atoms with Crippen LogP contribution in [-0.4, -0.2) is 19.8 Å². The summed E-state index contributed by atoms with van der Waals surface area (Å²) in [5, 5.41) is 3.03. The van der Waals surface area contributed by atoms with Gasteiger partial charge in [-0.15, -0.1) is 9.80 Å². The minimum absolute atomic E-state index is 0. The maximum absolute atomic E-state index is 4.95. The number of hydrogen-bond acceptors (Lipinski definition) is 3. The Kier molecular flexibility index (Phi) is 19.4. The summed E-state index contributed by atoms with van der Waals surface area (Å²) in [5.74, 6) is 0. The molecule has 2 nitrogen and oxygen atoms in total. The van der Waals surface area contributed by atoms with Gasteiger partial charge in [0.15, 0.2) is 0 Å². The Hall–Kier alpha value is 2.10. The van der Waals surface area contributed by atoms with Gasteiger partial charge in [0.05, 0.1) is 6.61 Å². The third-order valence-corrected chi connectivity index (χ3v) is 0.736. The quantitative estimate of drug-likeness (QED) is 0.392. The second-order valence-electron chi connectivity index (χ2n) is 1.23. The molecule has 9 heavy (non-hydrogen) atoms. The van der Waals surface area contributed by atoms with E-state index in [1.54, 1.807) is 0 Å². The number of thiol groups is 1. The molecule has 1 aliphatic rings. The minimum atomic E-state index is 0. The maximum atomic E-state index is 4.95. The summed E-state index contributed by atoms with van der Waals surface area (Å²) < 4.78 is 4.95. The van der Waals surface area contributed by atoms with Crippen molar-refractivity contribution in [2.45, 2.75) is 0 Å². The van der Waals surface area contributed by atoms with Crippen molar-refractivity contribution in [2.75, 3.05) is 19.8 Å². The van der Waals surface area contributed by atoms with Crippen LogP contribution in [0.1, 0.15) is 0 Å². The number of morpholine rings is 1. The fourth-order valence-corrected chi connectivity index (χ4v) is 0.434. The van der Waals surface area contributed by atoms with Gasteiger partial charge < -0.3 is 10.1 Å². The van der Waals surface area contributed by atoms with Crippen molar-refractivity contribution in [1.29, 1.82) is 0 Å². The molecule has 0 atom stereocenters. The van der Waals surface area contributed by atoms with E-state index in [4.69, 9.17) is 4.74 Å². The van der Waals surface area contributed by atoms with Gasteiger partial charge in [0, 0.05) is 32.7 Å². The third-order valence-electron chi connectivity index (χ3n) is 0.736. The van der Waals surface area contributed by atoms with Crippen LogP contribution >= 0.6 is 31.0 Å². The van der Waals surface area contributed by atoms with Crippen molar-refractivity contribution < 1.29 is 37.4 Å². The van der Waals surface area contributed by atoms with Gasteiger partial charge in [-0.05, 0) is 27.8 Å². The van der Waals surface area contributed by atoms with E-state index in [1.807, 2.05) is 27.8 Å². The van der Waals surface area contributed by atoms with Gasteiger partial charge in [0.25, 0.3) is 0 Å². The smallest absolute Gasteiger partial charge is 0.0532 e. The van der Waals surface area contributed by atoms with E-state index >= 15 is 0 Å². The first-order chi connectivity index (χ1) is 4.00. The minimum Gasteiger partial charge on any atom is -0.466 e. The molecular formula is C4H9INOSY-. The molecule has 0 unspecified atom stereocenters. The second kappa shape index (κ2) is 12.8. The molecule has 1 radical (unpaired) electrons. The summed E-state index contributed by atoms with van der Waals surface area (Å²) in [6.45, 7) is 4.51. The normalized spacial score (nSPS) is 16.7. The summed E-state index contributed by atoms with van der Waals surface area (Å²) in [6, 6.07) is 0. The molecule has 1 saturated heterocycles. The fourth-order valence-electron chi connectivity index (χ4n) is 0.434. The van der Waals surface area contributed by atoms with Gasteiger partial charge in [-0.3, -0.25) is 0 Å². The number of rotatable bonds is 0. The molecule has 0 aromatic carbocycles. The first kappa shape index (κ1) is 13.7. The average Bonchev–Trinajstić information content (AvgIpc) is 1.96. The molecule has 1 fully saturated rings. The van der Waals surface area contributed by atoms with Crippen LogP contribution in [0.4, 0.5) is 0 Å². The van der Waals surface area contributed by atoms with Crippen molar-refractivity contribution in [2.24, 2.45) is 0 Å². The molecule has 5 heteroatoms. The summed E-state index contributed by atoms with van der Waals surface area (Å²) in [6.07, 6.45) is 0. The van der Waals surface area contributed by atoms with Gasteiger partial charge in [-0.2, -0.15) is 0 Å². The number of halogens is 1. The molecule has 0 amide bonds. The molecule has 0 aliphatic carbocycles. The molecule has 0 aromatic heterocycles. The molecule has 1 N–H and O–H groups in total. The first-order valence-electron chi connectivity index (χ1n) is 2.30. The van der Waals surface area contributed by atoms with Crippen LogP contribution in [0.5, 0.6) is 0 Å². The van der Waals surface area contributed by atoms with E-state index in [0.717, 1.165) is 19.8 Å². The number of ether oxygens (including phenoxy) is 1. The molecule has 1 heterocycles. The van der Waals surface area contributed by atoms with Crippen LogP contribution in [0.3, 0.4) is 0 Å². The summed E-state index contributed by atoms with van der Waals surface area (Å²) >= 11 is 1.84. The van der Waals surface area contributed by atoms with Gasteiger partial charge in [0.1, 0.15) is 0 Å². The topological polar surface area (TPSA) is 21.3 Å². The third kappa shape index (κ3) is 10.1. The van der Waals surface area contributed by atoms with E-state index in [-0.39, 0.29) is 32.7 Å². The largest absolute Gasteiger partial charge is 0.466 e. The summed E-state index contributed by atoms with van der Waals surface area (Å²) in [5.41, 5.74) is 0. The van der Waals surface area contributed by atoms with Crippen LogP contribution in [0.2, 0.25) is 0 Å². The zero-order valence-electron chi connectivity index (χ0n) is 5.01. The van der Waals surface area contributed by atoms with Crippen LogP contribution < -0.4 is 5.32 Å². The second-order valence-corrected chi connectivity index (χ2v) is 1.23. The Labute approximate surface area is 98.7 Å². The number of nitrogens with one attached hydrogen (secondary N) is 1. The van der Waals surface area contributed by atoms with Crippen molar-refractivity contribution >= 4 is 31.0 Å². The molecule has 0 bridgehead atoms. The van der Waals surface area contributed by atoms with E-state index in [0.29, 0.717) is 0 Å². The van der Waals surface area contributed by atoms with Crippen molar-refractivity contribution in [3.63, 3.8) is 0 Å². The first-order valence-corrected chi connectivity index (χ1v) is 5.53. The Morgan fingerprint density at radius 2 is 2.22 bits per heavy atom. The Morgan fingerprint density at radius 1 is 1.56 bits per heavy atom. The predicted molar refractivity (Wildman–Crippen MR) is 46.1 cm³/mol. The molecule has 0 aromatic rings. The van der Waals surface area contributed by atoms with E-state index in [1.165, 1.54) is 0 Å². The Balaban J connectivity index is 0. The molecule has 1 rings (SSSR count). The summed E-state index contributed by atoms with van der Waals surface area (Å²) in [4.78, 5) is 0. The molecular weight excluding hydrogens is 326 g/mol. The van der Waals surface area contributed by atoms with Crippen molar-refractivity contribution in [1.82, 2.24) is 5.32 Å². The van der Waals surface area contributed by atoms with Crippen LogP contribution in [0, 0.1) is 6.54 Å². The Bertz CT molecular complexity index is 36.0. The molecule has 0 saturated carbocycles. The van der Waals surface area contributed by atoms with E-state index in [2.05, 4.69) is 15.1 Å². The van der Waals surface area contributed by atoms with E-state index in [9.17, 15) is 0 Å². The monoisotopic (exact) mass is 335 g/mol. The van der Waals surface area contributed by atoms with Crippen molar-refractivity contribution in [3.8, 4) is 0 Å².